The predicted octanol–water partition coefficient (Wildman–Crippen LogP) is 4.90. The van der Waals surface area contributed by atoms with Crippen LogP contribution in [0.25, 0.3) is 0 Å². The molecule has 1 aliphatic rings. The molecule has 1 aromatic rings. The van der Waals surface area contributed by atoms with Gasteiger partial charge in [0.05, 0.1) is 6.10 Å². The second kappa shape index (κ2) is 6.08. The molecule has 100 valence electrons. The Morgan fingerprint density at radius 3 is 2.78 bits per heavy atom. The van der Waals surface area contributed by atoms with Gasteiger partial charge in [-0.05, 0) is 36.3 Å². The third-order valence-electron chi connectivity index (χ3n) is 4.44. The summed E-state index contributed by atoms with van der Waals surface area (Å²) in [5, 5.41) is 11.4. The molecule has 2 heteroatoms. The van der Waals surface area contributed by atoms with Crippen LogP contribution < -0.4 is 0 Å². The highest BCUT2D eigenvalue weighted by Crippen LogP contribution is 2.42. The summed E-state index contributed by atoms with van der Waals surface area (Å²) >= 11 is 6.34. The van der Waals surface area contributed by atoms with Gasteiger partial charge in [0.25, 0.3) is 0 Å². The highest BCUT2D eigenvalue weighted by Gasteiger charge is 2.31. The Kier molecular flexibility index (Phi) is 4.69. The molecular formula is C16H23ClO. The summed E-state index contributed by atoms with van der Waals surface area (Å²) in [7, 11) is 0. The maximum absolute atomic E-state index is 10.7. The number of halogens is 1. The quantitative estimate of drug-likeness (QED) is 0.825. The lowest BCUT2D eigenvalue weighted by atomic mass is 9.73. The Hall–Kier alpha value is -0.530. The van der Waals surface area contributed by atoms with Crippen molar-refractivity contribution in [3.63, 3.8) is 0 Å². The van der Waals surface area contributed by atoms with Crippen LogP contribution in [0.15, 0.2) is 18.2 Å². The fraction of sp³-hybridized carbons (Fsp3) is 0.625. The molecular weight excluding hydrogens is 244 g/mol. The van der Waals surface area contributed by atoms with E-state index in [0.717, 1.165) is 29.0 Å². The van der Waals surface area contributed by atoms with Crippen LogP contribution in [0.1, 0.15) is 56.3 Å². The van der Waals surface area contributed by atoms with Crippen LogP contribution in [0, 0.1) is 18.8 Å². The van der Waals surface area contributed by atoms with Gasteiger partial charge < -0.3 is 5.11 Å². The Bertz CT molecular complexity index is 402. The van der Waals surface area contributed by atoms with Gasteiger partial charge in [-0.25, -0.2) is 0 Å². The van der Waals surface area contributed by atoms with Crippen molar-refractivity contribution in [1.82, 2.24) is 0 Å². The SMILES string of the molecule is CCC1CCCCC1C(O)c1cccc(C)c1Cl. The molecule has 3 unspecified atom stereocenters. The molecule has 0 heterocycles. The first-order valence-corrected chi connectivity index (χ1v) is 7.46. The maximum Gasteiger partial charge on any atom is 0.0835 e. The van der Waals surface area contributed by atoms with Gasteiger partial charge in [-0.1, -0.05) is 62.4 Å². The summed E-state index contributed by atoms with van der Waals surface area (Å²) in [6.07, 6.45) is 5.68. The lowest BCUT2D eigenvalue weighted by molar-refractivity contribution is 0.0452. The molecule has 0 aliphatic heterocycles. The lowest BCUT2D eigenvalue weighted by Gasteiger charge is -2.35. The summed E-state index contributed by atoms with van der Waals surface area (Å²) in [5.41, 5.74) is 1.97. The zero-order valence-electron chi connectivity index (χ0n) is 11.3. The van der Waals surface area contributed by atoms with E-state index in [1.165, 1.54) is 19.3 Å². The van der Waals surface area contributed by atoms with Crippen molar-refractivity contribution in [2.75, 3.05) is 0 Å². The number of hydrogen-bond acceptors (Lipinski definition) is 1. The van der Waals surface area contributed by atoms with E-state index in [0.29, 0.717) is 11.8 Å². The Balaban J connectivity index is 2.23. The molecule has 1 fully saturated rings. The molecule has 0 bridgehead atoms. The van der Waals surface area contributed by atoms with E-state index in [1.54, 1.807) is 0 Å². The first kappa shape index (κ1) is 13.9. The highest BCUT2D eigenvalue weighted by molar-refractivity contribution is 6.32. The smallest absolute Gasteiger partial charge is 0.0835 e. The molecule has 0 amide bonds. The van der Waals surface area contributed by atoms with Crippen LogP contribution in [0.5, 0.6) is 0 Å². The van der Waals surface area contributed by atoms with Crippen LogP contribution in [-0.4, -0.2) is 5.11 Å². The minimum atomic E-state index is -0.400. The van der Waals surface area contributed by atoms with E-state index >= 15 is 0 Å². The second-order valence-corrected chi connectivity index (χ2v) is 5.92. The Morgan fingerprint density at radius 1 is 1.33 bits per heavy atom. The Morgan fingerprint density at radius 2 is 2.06 bits per heavy atom. The van der Waals surface area contributed by atoms with Crippen molar-refractivity contribution in [2.24, 2.45) is 11.8 Å². The van der Waals surface area contributed by atoms with Crippen LogP contribution in [0.2, 0.25) is 5.02 Å². The number of aryl methyl sites for hydroxylation is 1. The van der Waals surface area contributed by atoms with Crippen molar-refractivity contribution in [1.29, 1.82) is 0 Å². The number of benzene rings is 1. The van der Waals surface area contributed by atoms with Crippen molar-refractivity contribution >= 4 is 11.6 Å². The van der Waals surface area contributed by atoms with Crippen LogP contribution in [0.4, 0.5) is 0 Å². The number of aliphatic hydroxyl groups excluding tert-OH is 1. The van der Waals surface area contributed by atoms with E-state index < -0.39 is 6.10 Å². The second-order valence-electron chi connectivity index (χ2n) is 5.54. The standard InChI is InChI=1S/C16H23ClO/c1-3-12-8-4-5-9-13(12)16(18)14-10-6-7-11(2)15(14)17/h6-7,10,12-13,16,18H,3-5,8-9H2,1-2H3. The normalized spacial score (nSPS) is 26.0. The highest BCUT2D eigenvalue weighted by atomic mass is 35.5. The zero-order chi connectivity index (χ0) is 13.1. The number of aliphatic hydroxyl groups is 1. The van der Waals surface area contributed by atoms with E-state index in [4.69, 9.17) is 11.6 Å². The van der Waals surface area contributed by atoms with Gasteiger partial charge in [0.1, 0.15) is 0 Å². The Labute approximate surface area is 115 Å². The van der Waals surface area contributed by atoms with Crippen molar-refractivity contribution in [3.05, 3.63) is 34.3 Å². The number of rotatable bonds is 3. The average Bonchev–Trinajstić information content (AvgIpc) is 2.41. The fourth-order valence-corrected chi connectivity index (χ4v) is 3.53. The van der Waals surface area contributed by atoms with E-state index in [9.17, 15) is 5.11 Å². The first-order chi connectivity index (χ1) is 8.65. The molecule has 0 spiro atoms. The molecule has 1 nitrogen and oxygen atoms in total. The van der Waals surface area contributed by atoms with E-state index in [-0.39, 0.29) is 0 Å². The number of hydrogen-bond donors (Lipinski definition) is 1. The minimum Gasteiger partial charge on any atom is -0.388 e. The molecule has 0 aromatic heterocycles. The average molecular weight is 267 g/mol. The monoisotopic (exact) mass is 266 g/mol. The predicted molar refractivity (Wildman–Crippen MR) is 76.9 cm³/mol. The van der Waals surface area contributed by atoms with Crippen LogP contribution in [0.3, 0.4) is 0 Å². The molecule has 18 heavy (non-hydrogen) atoms. The third kappa shape index (κ3) is 2.73. The van der Waals surface area contributed by atoms with E-state index in [1.807, 2.05) is 25.1 Å². The molecule has 1 N–H and O–H groups in total. The van der Waals surface area contributed by atoms with Gasteiger partial charge >= 0.3 is 0 Å². The van der Waals surface area contributed by atoms with Crippen molar-refractivity contribution in [3.8, 4) is 0 Å². The third-order valence-corrected chi connectivity index (χ3v) is 4.95. The van der Waals surface area contributed by atoms with Gasteiger partial charge in [0, 0.05) is 5.02 Å². The van der Waals surface area contributed by atoms with Gasteiger partial charge in [-0.2, -0.15) is 0 Å². The van der Waals surface area contributed by atoms with Crippen molar-refractivity contribution < 1.29 is 5.11 Å². The first-order valence-electron chi connectivity index (χ1n) is 7.08. The summed E-state index contributed by atoms with van der Waals surface area (Å²) < 4.78 is 0. The topological polar surface area (TPSA) is 20.2 Å². The molecule has 0 saturated heterocycles. The molecule has 0 radical (unpaired) electrons. The van der Waals surface area contributed by atoms with Gasteiger partial charge in [-0.15, -0.1) is 0 Å². The molecule has 1 aliphatic carbocycles. The van der Waals surface area contributed by atoms with Gasteiger partial charge in [-0.3, -0.25) is 0 Å². The fourth-order valence-electron chi connectivity index (χ4n) is 3.29. The van der Waals surface area contributed by atoms with Crippen LogP contribution in [-0.2, 0) is 0 Å². The molecule has 2 rings (SSSR count). The summed E-state index contributed by atoms with van der Waals surface area (Å²) in [4.78, 5) is 0. The summed E-state index contributed by atoms with van der Waals surface area (Å²) in [6, 6.07) is 5.96. The van der Waals surface area contributed by atoms with Gasteiger partial charge in [0.2, 0.25) is 0 Å². The van der Waals surface area contributed by atoms with Crippen LogP contribution >= 0.6 is 11.6 Å². The van der Waals surface area contributed by atoms with E-state index in [2.05, 4.69) is 6.92 Å². The largest absolute Gasteiger partial charge is 0.388 e. The molecule has 1 aromatic carbocycles. The lowest BCUT2D eigenvalue weighted by Crippen LogP contribution is -2.25. The maximum atomic E-state index is 10.7. The zero-order valence-corrected chi connectivity index (χ0v) is 12.1. The van der Waals surface area contributed by atoms with Gasteiger partial charge in [0.15, 0.2) is 0 Å². The molecule has 3 atom stereocenters. The summed E-state index contributed by atoms with van der Waals surface area (Å²) in [5.74, 6) is 1.02. The minimum absolute atomic E-state index is 0.378. The van der Waals surface area contributed by atoms with Crippen molar-refractivity contribution in [2.45, 2.75) is 52.1 Å². The summed E-state index contributed by atoms with van der Waals surface area (Å²) in [6.45, 7) is 4.23. The molecule has 1 saturated carbocycles.